The maximum absolute atomic E-state index is 15.8. The number of rotatable bonds is 0. The fourth-order valence-corrected chi connectivity index (χ4v) is 15.3. The highest BCUT2D eigenvalue weighted by Crippen LogP contribution is 2.53. The highest BCUT2D eigenvalue weighted by Gasteiger charge is 2.49. The number of furan rings is 3. The molecule has 0 spiro atoms. The first-order chi connectivity index (χ1) is 34.6. The number of carbonyl (C=O) groups excluding carboxylic acids is 3. The maximum Gasteiger partial charge on any atom is 0.228 e. The molecule has 0 aliphatic heterocycles. The molecule has 0 saturated carbocycles. The quantitative estimate of drug-likeness (QED) is 0.104. The van der Waals surface area contributed by atoms with E-state index in [1.807, 2.05) is 20.8 Å². The van der Waals surface area contributed by atoms with E-state index in [0.29, 0.717) is 55.2 Å². The van der Waals surface area contributed by atoms with E-state index in [2.05, 4.69) is 0 Å². The number of carbonyl (C=O) groups is 3. The van der Waals surface area contributed by atoms with Crippen molar-refractivity contribution in [2.45, 2.75) is 94.8 Å². The number of hydrogen-bond donors (Lipinski definition) is 0. The number of benzene rings is 7. The summed E-state index contributed by atoms with van der Waals surface area (Å²) < 4.78 is 17.7. The predicted octanol–water partition coefficient (Wildman–Crippen LogP) is 8.42. The van der Waals surface area contributed by atoms with Crippen molar-refractivity contribution in [1.82, 2.24) is 0 Å². The zero-order valence-electron chi connectivity index (χ0n) is 39.0. The summed E-state index contributed by atoms with van der Waals surface area (Å²) in [6, 6.07) is 8.70. The van der Waals surface area contributed by atoms with Crippen molar-refractivity contribution in [2.24, 2.45) is 0 Å². The van der Waals surface area contributed by atoms with Gasteiger partial charge in [0.15, 0.2) is 49.9 Å². The number of aryl methyl sites for hydroxylation is 3. The van der Waals surface area contributed by atoms with Crippen LogP contribution < -0.4 is 32.6 Å². The standard InChI is InChI=1S/C60H36O12/c1-58-10-4-7-22-19-70-55(43(22)58)52(67)31-13-25-28(16-34(31)58)49(64)40-37(46(25)61)38-41(50(65)29-17-35-32(14-26(29)47(38)62)53(68)56-44-23(20-71-56)8-5-11-59(35,44)2)42-39(40)48(63)27-15-33-36(18-30(27)51(42)66)60(3)12-6-9-24-21-72-57(45(24)60)54(33)69/h13-21H,4-12H2,1-3H3. The highest BCUT2D eigenvalue weighted by atomic mass is 16.3. The van der Waals surface area contributed by atoms with Crippen molar-refractivity contribution < 1.29 is 27.6 Å². The summed E-state index contributed by atoms with van der Waals surface area (Å²) in [6.45, 7) is 5.92. The van der Waals surface area contributed by atoms with Gasteiger partial charge in [0, 0.05) is 114 Å². The third-order valence-corrected chi connectivity index (χ3v) is 18.6. The van der Waals surface area contributed by atoms with Crippen LogP contribution in [0.15, 0.2) is 97.2 Å². The van der Waals surface area contributed by atoms with E-state index in [1.54, 1.807) is 24.9 Å². The number of ketones is 3. The molecule has 0 radical (unpaired) electrons. The molecule has 3 heterocycles. The molecule has 12 heteroatoms. The first-order valence-corrected chi connectivity index (χ1v) is 24.6. The smallest absolute Gasteiger partial charge is 0.228 e. The van der Waals surface area contributed by atoms with Gasteiger partial charge in [-0.25, -0.2) is 0 Å². The highest BCUT2D eigenvalue weighted by molar-refractivity contribution is 6.31. The second-order valence-corrected chi connectivity index (χ2v) is 22.0. The average Bonchev–Trinajstić information content (AvgIpc) is 4.15. The molecule has 16 rings (SSSR count). The van der Waals surface area contributed by atoms with E-state index < -0.39 is 98.5 Å². The summed E-state index contributed by atoms with van der Waals surface area (Å²) >= 11 is 0. The SMILES string of the molecule is CC12CCCc3coc(c31)C(=O)c1cc3c(=O)c4c5c(=O)c6cc7c(cc6c(=O)c5c5c(=O)c6cc8c(cc6c(=O)c5c4c(=O)c3cc12)C(=O)c1occ2c1C8(C)CCC2)C1(C)CCCc2coc(c21)C7=O. The van der Waals surface area contributed by atoms with Crippen LogP contribution in [0.4, 0.5) is 0 Å². The Morgan fingerprint density at radius 2 is 0.583 bits per heavy atom. The third-order valence-electron chi connectivity index (χ3n) is 18.6. The van der Waals surface area contributed by atoms with Crippen LogP contribution in [0.25, 0.3) is 64.6 Å². The van der Waals surface area contributed by atoms with E-state index in [9.17, 15) is 14.4 Å². The molecule has 72 heavy (non-hydrogen) atoms. The number of fused-ring (bicyclic) bond motifs is 15. The van der Waals surface area contributed by atoms with Gasteiger partial charge in [0.05, 0.1) is 18.8 Å². The lowest BCUT2D eigenvalue weighted by atomic mass is 9.62. The van der Waals surface area contributed by atoms with Gasteiger partial charge in [0.2, 0.25) is 17.3 Å². The first-order valence-electron chi connectivity index (χ1n) is 24.6. The lowest BCUT2D eigenvalue weighted by Crippen LogP contribution is -2.36. The molecule has 0 fully saturated rings. The van der Waals surface area contributed by atoms with E-state index in [0.717, 1.165) is 52.6 Å². The Hall–Kier alpha value is -8.25. The Bertz CT molecular complexity index is 4860. The van der Waals surface area contributed by atoms with E-state index in [-0.39, 0.29) is 66.3 Å². The van der Waals surface area contributed by atoms with Gasteiger partial charge in [-0.15, -0.1) is 0 Å². The molecule has 0 N–H and O–H groups in total. The molecule has 3 atom stereocenters. The Balaban J connectivity index is 1.11. The lowest BCUT2D eigenvalue weighted by Gasteiger charge is -2.39. The Morgan fingerprint density at radius 1 is 0.347 bits per heavy atom. The minimum absolute atomic E-state index is 0.113. The van der Waals surface area contributed by atoms with Crippen molar-refractivity contribution in [3.63, 3.8) is 0 Å². The fourth-order valence-electron chi connectivity index (χ4n) is 15.3. The molecule has 3 unspecified atom stereocenters. The van der Waals surface area contributed by atoms with Gasteiger partial charge in [-0.3, -0.25) is 43.2 Å². The van der Waals surface area contributed by atoms with Crippen LogP contribution in [-0.2, 0) is 35.5 Å². The zero-order valence-corrected chi connectivity index (χ0v) is 39.0. The van der Waals surface area contributed by atoms with Gasteiger partial charge in [-0.2, -0.15) is 0 Å². The van der Waals surface area contributed by atoms with Crippen molar-refractivity contribution in [3.05, 3.63) is 201 Å². The molecule has 0 amide bonds. The zero-order chi connectivity index (χ0) is 49.1. The summed E-state index contributed by atoms with van der Waals surface area (Å²) in [7, 11) is 0. The van der Waals surface area contributed by atoms with Crippen molar-refractivity contribution in [3.8, 4) is 0 Å². The predicted molar refractivity (Wildman–Crippen MR) is 267 cm³/mol. The summed E-state index contributed by atoms with van der Waals surface area (Å²) in [4.78, 5) is 137. The van der Waals surface area contributed by atoms with Crippen LogP contribution in [0.1, 0.15) is 158 Å². The molecule has 0 bridgehead atoms. The normalized spacial score (nSPS) is 22.5. The summed E-state index contributed by atoms with van der Waals surface area (Å²) in [6.07, 6.45) is 10.9. The Labute approximate surface area is 403 Å². The molecule has 6 aliphatic carbocycles. The van der Waals surface area contributed by atoms with Crippen LogP contribution in [0.3, 0.4) is 0 Å². The molecule has 348 valence electrons. The second kappa shape index (κ2) is 12.4. The summed E-state index contributed by atoms with van der Waals surface area (Å²) in [5.74, 6) is -0.940. The monoisotopic (exact) mass is 948 g/mol. The van der Waals surface area contributed by atoms with E-state index in [1.165, 1.54) is 30.3 Å². The minimum Gasteiger partial charge on any atom is -0.460 e. The molecular formula is C60H36O12. The van der Waals surface area contributed by atoms with Gasteiger partial charge in [-0.05, 0) is 128 Å². The van der Waals surface area contributed by atoms with Crippen molar-refractivity contribution >= 4 is 82.0 Å². The van der Waals surface area contributed by atoms with Crippen LogP contribution in [0, 0.1) is 0 Å². The van der Waals surface area contributed by atoms with Gasteiger partial charge in [0.25, 0.3) is 0 Å². The average molecular weight is 949 g/mol. The fraction of sp³-hybridized carbons (Fsp3) is 0.250. The third kappa shape index (κ3) is 4.24. The van der Waals surface area contributed by atoms with Crippen molar-refractivity contribution in [1.29, 1.82) is 0 Å². The Morgan fingerprint density at radius 3 is 0.833 bits per heavy atom. The molecule has 12 nitrogen and oxygen atoms in total. The number of hydrogen-bond acceptors (Lipinski definition) is 12. The first kappa shape index (κ1) is 40.5. The molecule has 0 saturated heterocycles. The van der Waals surface area contributed by atoms with Gasteiger partial charge in [0.1, 0.15) is 0 Å². The maximum atomic E-state index is 15.8. The molecule has 6 aliphatic rings. The molecule has 3 aromatic heterocycles. The lowest BCUT2D eigenvalue weighted by molar-refractivity contribution is 0.0991. The Kier molecular flexibility index (Phi) is 6.99. The largest absolute Gasteiger partial charge is 0.460 e. The van der Waals surface area contributed by atoms with Crippen LogP contribution in [-0.4, -0.2) is 17.3 Å². The van der Waals surface area contributed by atoms with Crippen LogP contribution in [0.2, 0.25) is 0 Å². The van der Waals surface area contributed by atoms with E-state index in [4.69, 9.17) is 13.3 Å². The van der Waals surface area contributed by atoms with Crippen LogP contribution in [0.5, 0.6) is 0 Å². The molecule has 10 aromatic rings. The molecular weight excluding hydrogens is 913 g/mol. The minimum atomic E-state index is -0.909. The topological polar surface area (TPSA) is 193 Å². The summed E-state index contributed by atoms with van der Waals surface area (Å²) in [5.41, 5.74) is -0.741. The summed E-state index contributed by atoms with van der Waals surface area (Å²) in [5, 5.41) is -4.11. The van der Waals surface area contributed by atoms with Gasteiger partial charge in [-0.1, -0.05) is 20.8 Å². The molecule has 7 aromatic carbocycles. The van der Waals surface area contributed by atoms with Gasteiger partial charge < -0.3 is 13.3 Å². The van der Waals surface area contributed by atoms with E-state index >= 15 is 28.8 Å². The van der Waals surface area contributed by atoms with Gasteiger partial charge >= 0.3 is 0 Å². The van der Waals surface area contributed by atoms with Crippen LogP contribution >= 0.6 is 0 Å². The van der Waals surface area contributed by atoms with Crippen molar-refractivity contribution in [2.75, 3.05) is 0 Å². The second-order valence-electron chi connectivity index (χ2n) is 22.0.